The number of β-lactam (4-membered cyclic amide) rings is 1. The Morgan fingerprint density at radius 3 is 2.41 bits per heavy atom. The first-order chi connectivity index (χ1) is 10.3. The number of carbonyl (C=O) groups is 2. The van der Waals surface area contributed by atoms with Gasteiger partial charge >= 0.3 is 0 Å². The monoisotopic (exact) mass is 322 g/mol. The Balaban J connectivity index is 1.66. The quantitative estimate of drug-likeness (QED) is 0.764. The summed E-state index contributed by atoms with van der Waals surface area (Å²) in [6.07, 6.45) is 1.42. The predicted octanol–water partition coefficient (Wildman–Crippen LogP) is 0.597. The lowest BCUT2D eigenvalue weighted by molar-refractivity contribution is -0.169. The Bertz CT molecular complexity index is 716. The van der Waals surface area contributed by atoms with E-state index in [1.807, 2.05) is 30.3 Å². The smallest absolute Gasteiger partial charge is 0.237 e. The molecule has 1 spiro atoms. The molecule has 2 fully saturated rings. The van der Waals surface area contributed by atoms with Crippen LogP contribution in [0.3, 0.4) is 0 Å². The molecule has 2 amide bonds. The van der Waals surface area contributed by atoms with E-state index in [0.717, 1.165) is 16.1 Å². The number of hydrogen-bond donors (Lipinski definition) is 0. The van der Waals surface area contributed by atoms with Crippen LogP contribution in [0.5, 0.6) is 0 Å². The van der Waals surface area contributed by atoms with Gasteiger partial charge in [-0.25, -0.2) is 12.7 Å². The molecular weight excluding hydrogens is 304 g/mol. The molecule has 1 aromatic carbocycles. The number of rotatable bonds is 3. The number of hydrogen-bond acceptors (Lipinski definition) is 4. The maximum Gasteiger partial charge on any atom is 0.237 e. The highest BCUT2D eigenvalue weighted by molar-refractivity contribution is 7.88. The Hall–Kier alpha value is -1.89. The van der Waals surface area contributed by atoms with E-state index in [1.54, 1.807) is 4.90 Å². The summed E-state index contributed by atoms with van der Waals surface area (Å²) < 4.78 is 23.9. The highest BCUT2D eigenvalue weighted by Crippen LogP contribution is 2.43. The summed E-state index contributed by atoms with van der Waals surface area (Å²) in [6.45, 7) is 1.15. The standard InChI is InChI=1S/C15H18N2O4S/c1-22(20,21)17-8-7-15(9-13(17)18)11-16(14(15)19)10-12-5-3-2-4-6-12/h2-6H,7-11H2,1H3. The van der Waals surface area contributed by atoms with Gasteiger partial charge in [-0.05, 0) is 12.0 Å². The molecule has 2 heterocycles. The third kappa shape index (κ3) is 2.49. The SMILES string of the molecule is CS(=O)(=O)N1CCC2(CC1=O)CN(Cc1ccccc1)C2=O. The van der Waals surface area contributed by atoms with Crippen LogP contribution in [0.4, 0.5) is 0 Å². The highest BCUT2D eigenvalue weighted by atomic mass is 32.2. The summed E-state index contributed by atoms with van der Waals surface area (Å²) >= 11 is 0. The maximum absolute atomic E-state index is 12.5. The van der Waals surface area contributed by atoms with Gasteiger partial charge in [-0.1, -0.05) is 30.3 Å². The topological polar surface area (TPSA) is 74.8 Å². The molecule has 0 aromatic heterocycles. The van der Waals surface area contributed by atoms with Crippen LogP contribution in [0.15, 0.2) is 30.3 Å². The van der Waals surface area contributed by atoms with Gasteiger partial charge < -0.3 is 4.90 Å². The number of carbonyl (C=O) groups excluding carboxylic acids is 2. The van der Waals surface area contributed by atoms with E-state index in [1.165, 1.54) is 0 Å². The van der Waals surface area contributed by atoms with E-state index < -0.39 is 21.3 Å². The van der Waals surface area contributed by atoms with Crippen LogP contribution in [0.25, 0.3) is 0 Å². The van der Waals surface area contributed by atoms with Crippen molar-refractivity contribution in [3.05, 3.63) is 35.9 Å². The van der Waals surface area contributed by atoms with Gasteiger partial charge in [-0.15, -0.1) is 0 Å². The third-order valence-electron chi connectivity index (χ3n) is 4.41. The molecule has 7 heteroatoms. The first kappa shape index (κ1) is 15.0. The molecule has 3 rings (SSSR count). The number of nitrogens with zero attached hydrogens (tertiary/aromatic N) is 2. The van der Waals surface area contributed by atoms with Gasteiger partial charge in [-0.2, -0.15) is 0 Å². The first-order valence-electron chi connectivity index (χ1n) is 7.16. The molecule has 2 saturated heterocycles. The second-order valence-electron chi connectivity index (χ2n) is 6.08. The molecule has 22 heavy (non-hydrogen) atoms. The van der Waals surface area contributed by atoms with Crippen molar-refractivity contribution in [2.75, 3.05) is 19.3 Å². The van der Waals surface area contributed by atoms with Crippen molar-refractivity contribution in [1.29, 1.82) is 0 Å². The van der Waals surface area contributed by atoms with Gasteiger partial charge in [0.15, 0.2) is 0 Å². The fourth-order valence-electron chi connectivity index (χ4n) is 3.26. The number of benzene rings is 1. The highest BCUT2D eigenvalue weighted by Gasteiger charge is 2.56. The zero-order valence-electron chi connectivity index (χ0n) is 12.4. The molecule has 0 bridgehead atoms. The third-order valence-corrected chi connectivity index (χ3v) is 5.60. The minimum absolute atomic E-state index is 0.00973. The molecular formula is C15H18N2O4S. The summed E-state index contributed by atoms with van der Waals surface area (Å²) in [5.74, 6) is -0.515. The van der Waals surface area contributed by atoms with Crippen molar-refractivity contribution >= 4 is 21.8 Å². The summed E-state index contributed by atoms with van der Waals surface area (Å²) in [7, 11) is -3.53. The molecule has 1 atom stereocenters. The summed E-state index contributed by atoms with van der Waals surface area (Å²) in [6, 6.07) is 9.67. The van der Waals surface area contributed by atoms with Crippen molar-refractivity contribution in [3.63, 3.8) is 0 Å². The van der Waals surface area contributed by atoms with Crippen molar-refractivity contribution < 1.29 is 18.0 Å². The van der Waals surface area contributed by atoms with Crippen molar-refractivity contribution in [3.8, 4) is 0 Å². The van der Waals surface area contributed by atoms with Crippen LogP contribution in [0.1, 0.15) is 18.4 Å². The van der Waals surface area contributed by atoms with Gasteiger partial charge in [0, 0.05) is 26.1 Å². The molecule has 2 aliphatic rings. The van der Waals surface area contributed by atoms with Crippen LogP contribution in [-0.4, -0.2) is 48.8 Å². The Labute approximate surface area is 129 Å². The van der Waals surface area contributed by atoms with Crippen molar-refractivity contribution in [2.24, 2.45) is 5.41 Å². The lowest BCUT2D eigenvalue weighted by Crippen LogP contribution is -2.65. The average Bonchev–Trinajstić information content (AvgIpc) is 2.46. The number of likely N-dealkylation sites (tertiary alicyclic amines) is 1. The van der Waals surface area contributed by atoms with Crippen LogP contribution in [-0.2, 0) is 26.2 Å². The molecule has 0 radical (unpaired) electrons. The van der Waals surface area contributed by atoms with Crippen LogP contribution < -0.4 is 0 Å². The van der Waals surface area contributed by atoms with Crippen molar-refractivity contribution in [2.45, 2.75) is 19.4 Å². The Morgan fingerprint density at radius 1 is 1.18 bits per heavy atom. The molecule has 118 valence electrons. The second kappa shape index (κ2) is 5.08. The Kier molecular flexibility index (Phi) is 3.47. The van der Waals surface area contributed by atoms with Gasteiger partial charge in [0.1, 0.15) is 0 Å². The second-order valence-corrected chi connectivity index (χ2v) is 7.99. The van der Waals surface area contributed by atoms with E-state index in [2.05, 4.69) is 0 Å². The number of sulfonamides is 1. The zero-order valence-corrected chi connectivity index (χ0v) is 13.2. The molecule has 0 saturated carbocycles. The van der Waals surface area contributed by atoms with Gasteiger partial charge in [-0.3, -0.25) is 9.59 Å². The molecule has 0 N–H and O–H groups in total. The van der Waals surface area contributed by atoms with E-state index >= 15 is 0 Å². The fraction of sp³-hybridized carbons (Fsp3) is 0.467. The number of amides is 2. The number of piperidine rings is 1. The first-order valence-corrected chi connectivity index (χ1v) is 9.01. The molecule has 6 nitrogen and oxygen atoms in total. The summed E-state index contributed by atoms with van der Waals surface area (Å²) in [5.41, 5.74) is 0.359. The van der Waals surface area contributed by atoms with Gasteiger partial charge in [0.2, 0.25) is 21.8 Å². The fourth-order valence-corrected chi connectivity index (χ4v) is 4.11. The minimum Gasteiger partial charge on any atom is -0.337 e. The minimum atomic E-state index is -3.53. The van der Waals surface area contributed by atoms with Gasteiger partial charge in [0.05, 0.1) is 11.7 Å². The van der Waals surface area contributed by atoms with Gasteiger partial charge in [0.25, 0.3) is 0 Å². The largest absolute Gasteiger partial charge is 0.337 e. The summed E-state index contributed by atoms with van der Waals surface area (Å²) in [4.78, 5) is 26.2. The van der Waals surface area contributed by atoms with Crippen molar-refractivity contribution in [1.82, 2.24) is 9.21 Å². The van der Waals surface area contributed by atoms with Crippen LogP contribution in [0, 0.1) is 5.41 Å². The normalized spacial score (nSPS) is 25.5. The maximum atomic E-state index is 12.5. The van der Waals surface area contributed by atoms with E-state index in [9.17, 15) is 18.0 Å². The molecule has 2 aliphatic heterocycles. The van der Waals surface area contributed by atoms with Crippen LogP contribution >= 0.6 is 0 Å². The lowest BCUT2D eigenvalue weighted by Gasteiger charge is -2.51. The summed E-state index contributed by atoms with van der Waals surface area (Å²) in [5, 5.41) is 0. The molecule has 0 aliphatic carbocycles. The predicted molar refractivity (Wildman–Crippen MR) is 80.1 cm³/mol. The van der Waals surface area contributed by atoms with Crippen LogP contribution in [0.2, 0.25) is 0 Å². The molecule has 1 unspecified atom stereocenters. The lowest BCUT2D eigenvalue weighted by atomic mass is 9.71. The van der Waals surface area contributed by atoms with E-state index in [0.29, 0.717) is 19.5 Å². The Morgan fingerprint density at radius 2 is 1.86 bits per heavy atom. The van der Waals surface area contributed by atoms with E-state index in [4.69, 9.17) is 0 Å². The average molecular weight is 322 g/mol. The molecule has 1 aromatic rings. The zero-order chi connectivity index (χ0) is 16.0. The van der Waals surface area contributed by atoms with E-state index in [-0.39, 0.29) is 18.9 Å².